The highest BCUT2D eigenvalue weighted by Gasteiger charge is 2.36. The van der Waals surface area contributed by atoms with Crippen LogP contribution in [0.15, 0.2) is 72.3 Å². The lowest BCUT2D eigenvalue weighted by Gasteiger charge is -2.26. The summed E-state index contributed by atoms with van der Waals surface area (Å²) < 4.78 is 17.6. The van der Waals surface area contributed by atoms with Gasteiger partial charge in [-0.1, -0.05) is 30.3 Å². The molecule has 0 atom stereocenters. The van der Waals surface area contributed by atoms with Crippen LogP contribution in [0.25, 0.3) is 6.08 Å². The van der Waals surface area contributed by atoms with Crippen molar-refractivity contribution in [3.8, 4) is 17.2 Å². The van der Waals surface area contributed by atoms with Crippen molar-refractivity contribution in [3.63, 3.8) is 0 Å². The zero-order valence-electron chi connectivity index (χ0n) is 19.6. The molecular weight excluding hydrogens is 575 g/mol. The van der Waals surface area contributed by atoms with Crippen molar-refractivity contribution in [1.82, 2.24) is 5.32 Å². The number of methoxy groups -OCH3 is 1. The van der Waals surface area contributed by atoms with Gasteiger partial charge in [-0.05, 0) is 83.1 Å². The van der Waals surface area contributed by atoms with E-state index in [-0.39, 0.29) is 5.57 Å². The fraction of sp³-hybridized carbons (Fsp3) is 0.148. The number of carbonyl (C=O) groups excluding carboxylic acids is 3. The number of benzene rings is 3. The maximum absolute atomic E-state index is 13.2. The summed E-state index contributed by atoms with van der Waals surface area (Å²) in [6.45, 7) is 2.70. The molecule has 3 aromatic carbocycles. The number of nitrogens with zero attached hydrogens (tertiary/aromatic N) is 1. The molecule has 0 saturated carbocycles. The first-order valence-corrected chi connectivity index (χ1v) is 12.2. The van der Waals surface area contributed by atoms with Gasteiger partial charge in [-0.25, -0.2) is 9.69 Å². The quantitative estimate of drug-likeness (QED) is 0.224. The average Bonchev–Trinajstić information content (AvgIpc) is 2.87. The number of imide groups is 2. The van der Waals surface area contributed by atoms with E-state index in [1.807, 2.05) is 37.3 Å². The third kappa shape index (κ3) is 5.51. The van der Waals surface area contributed by atoms with Crippen LogP contribution in [0.3, 0.4) is 0 Å². The molecular formula is C27H23IN2O6. The van der Waals surface area contributed by atoms with Crippen LogP contribution < -0.4 is 24.4 Å². The summed E-state index contributed by atoms with van der Waals surface area (Å²) in [5.74, 6) is 0.105. The first-order chi connectivity index (χ1) is 17.4. The highest BCUT2D eigenvalue weighted by molar-refractivity contribution is 14.1. The largest absolute Gasteiger partial charge is 0.494 e. The van der Waals surface area contributed by atoms with Gasteiger partial charge in [0.1, 0.15) is 17.9 Å². The van der Waals surface area contributed by atoms with Gasteiger partial charge < -0.3 is 14.2 Å². The van der Waals surface area contributed by atoms with E-state index in [1.165, 1.54) is 13.2 Å². The first kappa shape index (κ1) is 25.2. The van der Waals surface area contributed by atoms with Crippen LogP contribution >= 0.6 is 22.6 Å². The van der Waals surface area contributed by atoms with Crippen LogP contribution in [0.1, 0.15) is 18.1 Å². The zero-order chi connectivity index (χ0) is 25.7. The molecule has 1 aliphatic heterocycles. The van der Waals surface area contributed by atoms with Gasteiger partial charge in [0.15, 0.2) is 11.5 Å². The third-order valence-corrected chi connectivity index (χ3v) is 6.10. The number of halogens is 1. The fourth-order valence-corrected chi connectivity index (χ4v) is 4.39. The Kier molecular flexibility index (Phi) is 7.89. The summed E-state index contributed by atoms with van der Waals surface area (Å²) >= 11 is 2.11. The van der Waals surface area contributed by atoms with Crippen LogP contribution in [0, 0.1) is 3.57 Å². The second-order valence-corrected chi connectivity index (χ2v) is 8.86. The Morgan fingerprint density at radius 1 is 0.972 bits per heavy atom. The molecule has 184 valence electrons. The molecule has 1 aliphatic rings. The van der Waals surface area contributed by atoms with Crippen molar-refractivity contribution in [2.24, 2.45) is 0 Å². The number of anilines is 1. The Labute approximate surface area is 222 Å². The number of amides is 4. The Bertz CT molecular complexity index is 1320. The number of hydrogen-bond acceptors (Lipinski definition) is 6. The number of carbonyl (C=O) groups is 3. The smallest absolute Gasteiger partial charge is 0.335 e. The van der Waals surface area contributed by atoms with Crippen LogP contribution in [-0.2, 0) is 16.2 Å². The van der Waals surface area contributed by atoms with Crippen molar-refractivity contribution in [1.29, 1.82) is 0 Å². The van der Waals surface area contributed by atoms with Crippen molar-refractivity contribution in [2.45, 2.75) is 13.5 Å². The van der Waals surface area contributed by atoms with E-state index in [2.05, 4.69) is 27.9 Å². The molecule has 0 spiro atoms. The van der Waals surface area contributed by atoms with Gasteiger partial charge in [-0.3, -0.25) is 14.9 Å². The molecule has 1 N–H and O–H groups in total. The van der Waals surface area contributed by atoms with E-state index >= 15 is 0 Å². The Hall–Kier alpha value is -3.86. The second-order valence-electron chi connectivity index (χ2n) is 7.69. The fourth-order valence-electron chi connectivity index (χ4n) is 3.61. The molecule has 1 fully saturated rings. The molecule has 3 aromatic rings. The monoisotopic (exact) mass is 598 g/mol. The van der Waals surface area contributed by atoms with E-state index in [9.17, 15) is 14.4 Å². The Balaban J connectivity index is 1.62. The topological polar surface area (TPSA) is 94.2 Å². The number of nitrogens with one attached hydrogen (secondary N) is 1. The lowest BCUT2D eigenvalue weighted by Crippen LogP contribution is -2.54. The SMILES string of the molecule is CCOc1ccc(N2C(=O)NC(=O)/C(=C/c3cc(I)c(OCc4ccccc4)c(OC)c3)C2=O)cc1. The first-order valence-electron chi connectivity index (χ1n) is 11.1. The third-order valence-electron chi connectivity index (χ3n) is 5.30. The van der Waals surface area contributed by atoms with E-state index < -0.39 is 17.8 Å². The van der Waals surface area contributed by atoms with Gasteiger partial charge >= 0.3 is 6.03 Å². The minimum atomic E-state index is -0.817. The standard InChI is InChI=1S/C27H23IN2O6/c1-3-35-20-11-9-19(10-12-20)30-26(32)21(25(31)29-27(30)33)13-18-14-22(28)24(23(15-18)34-2)36-16-17-7-5-4-6-8-17/h4-15H,3,16H2,1-2H3,(H,29,31,33)/b21-13-. The van der Waals surface area contributed by atoms with Gasteiger partial charge in [0.05, 0.1) is 23.0 Å². The molecule has 0 radical (unpaired) electrons. The molecule has 8 nitrogen and oxygen atoms in total. The molecule has 4 amide bonds. The second kappa shape index (κ2) is 11.3. The molecule has 1 heterocycles. The predicted molar refractivity (Wildman–Crippen MR) is 143 cm³/mol. The lowest BCUT2D eigenvalue weighted by atomic mass is 10.1. The van der Waals surface area contributed by atoms with E-state index in [0.717, 1.165) is 14.0 Å². The maximum atomic E-state index is 13.2. The van der Waals surface area contributed by atoms with Crippen LogP contribution in [0.2, 0.25) is 0 Å². The predicted octanol–water partition coefficient (Wildman–Crippen LogP) is 4.94. The van der Waals surface area contributed by atoms with E-state index in [4.69, 9.17) is 14.2 Å². The van der Waals surface area contributed by atoms with Crippen molar-refractivity contribution in [3.05, 3.63) is 87.0 Å². The number of hydrogen-bond donors (Lipinski definition) is 1. The van der Waals surface area contributed by atoms with Gasteiger partial charge in [-0.15, -0.1) is 0 Å². The Morgan fingerprint density at radius 2 is 1.69 bits per heavy atom. The van der Waals surface area contributed by atoms with Gasteiger partial charge in [0.25, 0.3) is 11.8 Å². The normalized spacial score (nSPS) is 14.6. The summed E-state index contributed by atoms with van der Waals surface area (Å²) in [4.78, 5) is 39.2. The molecule has 36 heavy (non-hydrogen) atoms. The Morgan fingerprint density at radius 3 is 2.36 bits per heavy atom. The minimum Gasteiger partial charge on any atom is -0.494 e. The van der Waals surface area contributed by atoms with Crippen LogP contribution in [-0.4, -0.2) is 31.6 Å². The molecule has 9 heteroatoms. The molecule has 0 unspecified atom stereocenters. The molecule has 0 aromatic heterocycles. The van der Waals surface area contributed by atoms with E-state index in [0.29, 0.717) is 41.7 Å². The van der Waals surface area contributed by atoms with Crippen LogP contribution in [0.5, 0.6) is 17.2 Å². The summed E-state index contributed by atoms with van der Waals surface area (Å²) in [5, 5.41) is 2.23. The van der Waals surface area contributed by atoms with Gasteiger partial charge in [-0.2, -0.15) is 0 Å². The maximum Gasteiger partial charge on any atom is 0.335 e. The van der Waals surface area contributed by atoms with Crippen molar-refractivity contribution < 1.29 is 28.6 Å². The number of rotatable bonds is 8. The average molecular weight is 598 g/mol. The van der Waals surface area contributed by atoms with Crippen molar-refractivity contribution >= 4 is 52.2 Å². The molecule has 0 aliphatic carbocycles. The van der Waals surface area contributed by atoms with Gasteiger partial charge in [0, 0.05) is 0 Å². The summed E-state index contributed by atoms with van der Waals surface area (Å²) in [6.07, 6.45) is 1.43. The summed E-state index contributed by atoms with van der Waals surface area (Å²) in [7, 11) is 1.52. The highest BCUT2D eigenvalue weighted by atomic mass is 127. The number of barbiturate groups is 1. The zero-order valence-corrected chi connectivity index (χ0v) is 21.8. The molecule has 4 rings (SSSR count). The van der Waals surface area contributed by atoms with Crippen LogP contribution in [0.4, 0.5) is 10.5 Å². The number of urea groups is 1. The minimum absolute atomic E-state index is 0.181. The van der Waals surface area contributed by atoms with E-state index in [1.54, 1.807) is 36.4 Å². The molecule has 0 bridgehead atoms. The lowest BCUT2D eigenvalue weighted by molar-refractivity contribution is -0.122. The highest BCUT2D eigenvalue weighted by Crippen LogP contribution is 2.35. The van der Waals surface area contributed by atoms with Gasteiger partial charge in [0.2, 0.25) is 0 Å². The number of ether oxygens (including phenoxy) is 3. The van der Waals surface area contributed by atoms with Crippen molar-refractivity contribution in [2.75, 3.05) is 18.6 Å². The molecule has 1 saturated heterocycles. The summed E-state index contributed by atoms with van der Waals surface area (Å²) in [6, 6.07) is 18.8. The summed E-state index contributed by atoms with van der Waals surface area (Å²) in [5.41, 5.74) is 1.68.